The third-order valence-corrected chi connectivity index (χ3v) is 3.08. The largest absolute Gasteiger partial charge is 0.0617 e. The van der Waals surface area contributed by atoms with Crippen LogP contribution < -0.4 is 0 Å². The molecule has 0 spiro atoms. The molecule has 0 atom stereocenters. The van der Waals surface area contributed by atoms with Crippen LogP contribution >= 0.6 is 0 Å². The van der Waals surface area contributed by atoms with Gasteiger partial charge in [0.25, 0.3) is 0 Å². The summed E-state index contributed by atoms with van der Waals surface area (Å²) in [6.07, 6.45) is 0. The molecular weight excluding hydrogens is 192 g/mol. The second-order valence-corrected chi connectivity index (χ2v) is 4.55. The van der Waals surface area contributed by atoms with Gasteiger partial charge in [0.15, 0.2) is 0 Å². The van der Waals surface area contributed by atoms with Gasteiger partial charge in [-0.2, -0.15) is 0 Å². The van der Waals surface area contributed by atoms with Crippen LogP contribution in [0.25, 0.3) is 0 Å². The molecule has 0 radical (unpaired) electrons. The molecule has 2 aromatic rings. The van der Waals surface area contributed by atoms with E-state index in [1.165, 1.54) is 22.3 Å². The molecule has 0 aliphatic rings. The van der Waals surface area contributed by atoms with E-state index in [1.807, 2.05) is 0 Å². The molecule has 2 rings (SSSR count). The second kappa shape index (κ2) is 4.52. The Morgan fingerprint density at radius 1 is 0.750 bits per heavy atom. The van der Waals surface area contributed by atoms with Gasteiger partial charge in [-0.15, -0.1) is 0 Å². The Balaban J connectivity index is 2.35. The molecule has 0 heterocycles. The third-order valence-electron chi connectivity index (χ3n) is 3.08. The number of aryl methyl sites for hydroxylation is 2. The van der Waals surface area contributed by atoms with Crippen molar-refractivity contribution in [2.75, 3.05) is 0 Å². The Hall–Kier alpha value is -1.56. The summed E-state index contributed by atoms with van der Waals surface area (Å²) in [7, 11) is 0. The minimum atomic E-state index is 0.472. The maximum absolute atomic E-state index is 2.27. The van der Waals surface area contributed by atoms with Gasteiger partial charge >= 0.3 is 0 Å². The standard InChI is InChI=1S/C16H18/c1-12-6-4-8-15(10-12)14(3)16-9-5-7-13(2)11-16/h4-11,14H,1-3H3. The summed E-state index contributed by atoms with van der Waals surface area (Å²) in [5.74, 6) is 0.472. The zero-order valence-electron chi connectivity index (χ0n) is 10.2. The highest BCUT2D eigenvalue weighted by molar-refractivity contribution is 5.35. The van der Waals surface area contributed by atoms with E-state index in [9.17, 15) is 0 Å². The highest BCUT2D eigenvalue weighted by atomic mass is 14.1. The molecule has 0 N–H and O–H groups in total. The van der Waals surface area contributed by atoms with E-state index < -0.39 is 0 Å². The molecule has 82 valence electrons. The smallest absolute Gasteiger partial charge is 0.00612 e. The predicted molar refractivity (Wildman–Crippen MR) is 69.9 cm³/mol. The average molecular weight is 210 g/mol. The lowest BCUT2D eigenvalue weighted by Gasteiger charge is -2.13. The molecule has 16 heavy (non-hydrogen) atoms. The van der Waals surface area contributed by atoms with Crippen molar-refractivity contribution in [3.8, 4) is 0 Å². The predicted octanol–water partition coefficient (Wildman–Crippen LogP) is 4.46. The summed E-state index contributed by atoms with van der Waals surface area (Å²) in [6, 6.07) is 17.5. The maximum Gasteiger partial charge on any atom is 0.00612 e. The Kier molecular flexibility index (Phi) is 3.09. The van der Waals surface area contributed by atoms with Gasteiger partial charge in [-0.05, 0) is 25.0 Å². The van der Waals surface area contributed by atoms with E-state index in [2.05, 4.69) is 69.3 Å². The van der Waals surface area contributed by atoms with E-state index >= 15 is 0 Å². The molecule has 2 aromatic carbocycles. The normalized spacial score (nSPS) is 10.8. The fraction of sp³-hybridized carbons (Fsp3) is 0.250. The first-order chi connectivity index (χ1) is 7.66. The second-order valence-electron chi connectivity index (χ2n) is 4.55. The lowest BCUT2D eigenvalue weighted by Crippen LogP contribution is -1.96. The van der Waals surface area contributed by atoms with Crippen molar-refractivity contribution in [1.29, 1.82) is 0 Å². The quantitative estimate of drug-likeness (QED) is 0.686. The molecule has 0 aliphatic heterocycles. The van der Waals surface area contributed by atoms with Gasteiger partial charge in [-0.3, -0.25) is 0 Å². The Morgan fingerprint density at radius 3 is 1.56 bits per heavy atom. The van der Waals surface area contributed by atoms with Crippen molar-refractivity contribution in [2.24, 2.45) is 0 Å². The van der Waals surface area contributed by atoms with Gasteiger partial charge in [0.1, 0.15) is 0 Å². The summed E-state index contributed by atoms with van der Waals surface area (Å²) >= 11 is 0. The minimum Gasteiger partial charge on any atom is -0.0617 e. The summed E-state index contributed by atoms with van der Waals surface area (Å²) in [4.78, 5) is 0. The fourth-order valence-electron chi connectivity index (χ4n) is 2.07. The molecule has 0 saturated heterocycles. The lowest BCUT2D eigenvalue weighted by molar-refractivity contribution is 0.918. The van der Waals surface area contributed by atoms with Crippen LogP contribution in [0.4, 0.5) is 0 Å². The van der Waals surface area contributed by atoms with Crippen LogP contribution in [0.15, 0.2) is 48.5 Å². The van der Waals surface area contributed by atoms with Crippen molar-refractivity contribution >= 4 is 0 Å². The number of hydrogen-bond donors (Lipinski definition) is 0. The van der Waals surface area contributed by atoms with Crippen LogP contribution in [-0.4, -0.2) is 0 Å². The van der Waals surface area contributed by atoms with Crippen LogP contribution in [0.2, 0.25) is 0 Å². The summed E-state index contributed by atoms with van der Waals surface area (Å²) in [6.45, 7) is 6.56. The van der Waals surface area contributed by atoms with Gasteiger partial charge < -0.3 is 0 Å². The molecule has 0 unspecified atom stereocenters. The van der Waals surface area contributed by atoms with E-state index in [1.54, 1.807) is 0 Å². The van der Waals surface area contributed by atoms with Crippen molar-refractivity contribution < 1.29 is 0 Å². The van der Waals surface area contributed by atoms with Crippen LogP contribution in [-0.2, 0) is 0 Å². The minimum absolute atomic E-state index is 0.472. The summed E-state index contributed by atoms with van der Waals surface area (Å²) in [5, 5.41) is 0. The number of benzene rings is 2. The number of rotatable bonds is 2. The van der Waals surface area contributed by atoms with Crippen molar-refractivity contribution in [3.05, 3.63) is 70.8 Å². The average Bonchev–Trinajstić information content (AvgIpc) is 2.28. The van der Waals surface area contributed by atoms with Gasteiger partial charge in [-0.1, -0.05) is 66.6 Å². The van der Waals surface area contributed by atoms with Gasteiger partial charge in [0, 0.05) is 5.92 Å². The van der Waals surface area contributed by atoms with Gasteiger partial charge in [0.2, 0.25) is 0 Å². The monoisotopic (exact) mass is 210 g/mol. The Labute approximate surface area is 97.9 Å². The van der Waals surface area contributed by atoms with Gasteiger partial charge in [-0.25, -0.2) is 0 Å². The zero-order chi connectivity index (χ0) is 11.5. The van der Waals surface area contributed by atoms with E-state index in [0.29, 0.717) is 5.92 Å². The topological polar surface area (TPSA) is 0 Å². The molecule has 0 aliphatic carbocycles. The zero-order valence-corrected chi connectivity index (χ0v) is 10.2. The SMILES string of the molecule is Cc1cccc(C(C)c2cccc(C)c2)c1. The van der Waals surface area contributed by atoms with Crippen molar-refractivity contribution in [1.82, 2.24) is 0 Å². The summed E-state index contributed by atoms with van der Waals surface area (Å²) < 4.78 is 0. The van der Waals surface area contributed by atoms with Crippen LogP contribution in [0.5, 0.6) is 0 Å². The van der Waals surface area contributed by atoms with Crippen LogP contribution in [0.3, 0.4) is 0 Å². The number of hydrogen-bond acceptors (Lipinski definition) is 0. The molecule has 0 bridgehead atoms. The van der Waals surface area contributed by atoms with Crippen molar-refractivity contribution in [2.45, 2.75) is 26.7 Å². The molecular formula is C16H18. The van der Waals surface area contributed by atoms with Crippen molar-refractivity contribution in [3.63, 3.8) is 0 Å². The van der Waals surface area contributed by atoms with Gasteiger partial charge in [0.05, 0.1) is 0 Å². The molecule has 0 nitrogen and oxygen atoms in total. The fourth-order valence-corrected chi connectivity index (χ4v) is 2.07. The molecule has 0 fully saturated rings. The Bertz CT molecular complexity index is 437. The third kappa shape index (κ3) is 2.33. The molecule has 0 heteroatoms. The van der Waals surface area contributed by atoms with Crippen LogP contribution in [0.1, 0.15) is 35.1 Å². The molecule has 0 aromatic heterocycles. The Morgan fingerprint density at radius 2 is 1.19 bits per heavy atom. The first-order valence-electron chi connectivity index (χ1n) is 5.80. The highest BCUT2D eigenvalue weighted by Crippen LogP contribution is 2.25. The first-order valence-corrected chi connectivity index (χ1v) is 5.80. The van der Waals surface area contributed by atoms with Crippen LogP contribution in [0, 0.1) is 13.8 Å². The lowest BCUT2D eigenvalue weighted by atomic mass is 9.91. The first kappa shape index (κ1) is 10.9. The highest BCUT2D eigenvalue weighted by Gasteiger charge is 2.07. The summed E-state index contributed by atoms with van der Waals surface area (Å²) in [5.41, 5.74) is 5.45. The van der Waals surface area contributed by atoms with E-state index in [0.717, 1.165) is 0 Å². The molecule has 0 amide bonds. The molecule has 0 saturated carbocycles. The van der Waals surface area contributed by atoms with E-state index in [4.69, 9.17) is 0 Å². The maximum atomic E-state index is 2.27. The van der Waals surface area contributed by atoms with E-state index in [-0.39, 0.29) is 0 Å².